The van der Waals surface area contributed by atoms with Crippen LogP contribution < -0.4 is 5.32 Å². The Balaban J connectivity index is 1.27. The SMILES string of the molecule is O=C(N[C@H]1CC[C@H](CN2CCCC2)CC1)c1nn(C2CCCCO2)c2ccc(Br)cc12. The van der Waals surface area contributed by atoms with Gasteiger partial charge in [0, 0.05) is 29.1 Å². The van der Waals surface area contributed by atoms with Gasteiger partial charge in [0.1, 0.15) is 0 Å². The molecule has 1 aromatic heterocycles. The van der Waals surface area contributed by atoms with Crippen LogP contribution in [0.15, 0.2) is 22.7 Å². The van der Waals surface area contributed by atoms with Crippen molar-refractivity contribution in [3.63, 3.8) is 0 Å². The Bertz CT molecular complexity index is 910. The molecule has 3 aliphatic rings. The third-order valence-corrected chi connectivity index (χ3v) is 7.70. The molecule has 168 valence electrons. The van der Waals surface area contributed by atoms with Crippen molar-refractivity contribution in [2.75, 3.05) is 26.2 Å². The van der Waals surface area contributed by atoms with E-state index in [4.69, 9.17) is 9.84 Å². The van der Waals surface area contributed by atoms with Crippen molar-refractivity contribution in [3.8, 4) is 0 Å². The molecule has 1 aliphatic carbocycles. The minimum Gasteiger partial charge on any atom is -0.356 e. The smallest absolute Gasteiger partial charge is 0.272 e. The summed E-state index contributed by atoms with van der Waals surface area (Å²) in [6, 6.07) is 6.29. The van der Waals surface area contributed by atoms with Crippen molar-refractivity contribution >= 4 is 32.7 Å². The van der Waals surface area contributed by atoms with Crippen molar-refractivity contribution in [1.82, 2.24) is 20.0 Å². The zero-order valence-corrected chi connectivity index (χ0v) is 19.8. The summed E-state index contributed by atoms with van der Waals surface area (Å²) in [5.41, 5.74) is 1.49. The van der Waals surface area contributed by atoms with Crippen LogP contribution in [0.3, 0.4) is 0 Å². The lowest BCUT2D eigenvalue weighted by atomic mass is 9.85. The number of likely N-dealkylation sites (tertiary alicyclic amines) is 1. The zero-order valence-electron chi connectivity index (χ0n) is 18.2. The van der Waals surface area contributed by atoms with Crippen LogP contribution in [0.4, 0.5) is 0 Å². The summed E-state index contributed by atoms with van der Waals surface area (Å²) >= 11 is 3.56. The van der Waals surface area contributed by atoms with Crippen LogP contribution in [0.2, 0.25) is 0 Å². The van der Waals surface area contributed by atoms with Crippen LogP contribution in [0.5, 0.6) is 0 Å². The van der Waals surface area contributed by atoms with Crippen LogP contribution in [0.1, 0.15) is 74.5 Å². The molecule has 3 heterocycles. The fourth-order valence-electron chi connectivity index (χ4n) is 5.49. The van der Waals surface area contributed by atoms with Gasteiger partial charge >= 0.3 is 0 Å². The van der Waals surface area contributed by atoms with Gasteiger partial charge in [-0.25, -0.2) is 4.68 Å². The highest BCUT2D eigenvalue weighted by atomic mass is 79.9. The summed E-state index contributed by atoms with van der Waals surface area (Å²) in [4.78, 5) is 15.9. The molecule has 5 rings (SSSR count). The lowest BCUT2D eigenvalue weighted by Gasteiger charge is -2.31. The first-order valence-corrected chi connectivity index (χ1v) is 12.8. The van der Waals surface area contributed by atoms with Crippen LogP contribution in [0.25, 0.3) is 10.9 Å². The number of hydrogen-bond donors (Lipinski definition) is 1. The minimum atomic E-state index is -0.0833. The van der Waals surface area contributed by atoms with Gasteiger partial charge in [0.15, 0.2) is 11.9 Å². The second-order valence-electron chi connectivity index (χ2n) is 9.47. The van der Waals surface area contributed by atoms with E-state index in [2.05, 4.69) is 26.1 Å². The van der Waals surface area contributed by atoms with E-state index >= 15 is 0 Å². The van der Waals surface area contributed by atoms with E-state index in [1.165, 1.54) is 45.3 Å². The molecular weight excluding hydrogens is 456 g/mol. The van der Waals surface area contributed by atoms with Crippen molar-refractivity contribution in [2.24, 2.45) is 5.92 Å². The third-order valence-electron chi connectivity index (χ3n) is 7.21. The van der Waals surface area contributed by atoms with Crippen LogP contribution in [-0.2, 0) is 4.74 Å². The molecule has 2 aliphatic heterocycles. The van der Waals surface area contributed by atoms with Crippen LogP contribution in [-0.4, -0.2) is 52.9 Å². The van der Waals surface area contributed by atoms with Crippen molar-refractivity contribution in [2.45, 2.75) is 70.1 Å². The fourth-order valence-corrected chi connectivity index (χ4v) is 5.85. The molecule has 1 N–H and O–H groups in total. The Kier molecular flexibility index (Phi) is 6.62. The molecule has 0 bridgehead atoms. The summed E-state index contributed by atoms with van der Waals surface area (Å²) in [5.74, 6) is 0.728. The number of fused-ring (bicyclic) bond motifs is 1. The topological polar surface area (TPSA) is 59.4 Å². The molecule has 2 aromatic rings. The monoisotopic (exact) mass is 488 g/mol. The van der Waals surface area contributed by atoms with E-state index in [9.17, 15) is 4.79 Å². The molecule has 2 saturated heterocycles. The van der Waals surface area contributed by atoms with Gasteiger partial charge in [-0.2, -0.15) is 5.10 Å². The molecule has 1 aromatic carbocycles. The highest BCUT2D eigenvalue weighted by molar-refractivity contribution is 9.10. The highest BCUT2D eigenvalue weighted by Crippen LogP contribution is 2.31. The number of carbonyl (C=O) groups excluding carboxylic acids is 1. The molecule has 1 amide bonds. The molecule has 31 heavy (non-hydrogen) atoms. The number of halogens is 1. The molecule has 1 unspecified atom stereocenters. The number of carbonyl (C=O) groups is 1. The van der Waals surface area contributed by atoms with Crippen LogP contribution in [0, 0.1) is 5.92 Å². The molecule has 6 nitrogen and oxygen atoms in total. The standard InChI is InChI=1S/C24H33BrN4O2/c25-18-8-11-21-20(15-18)23(27-29(21)22-5-1-4-14-31-22)24(30)26-19-9-6-17(7-10-19)16-28-12-2-3-13-28/h8,11,15,17,19,22H,1-7,9-10,12-14,16H2,(H,26,30)/t17-,19-,22?. The summed E-state index contributed by atoms with van der Waals surface area (Å²) in [7, 11) is 0. The number of aromatic nitrogens is 2. The van der Waals surface area contributed by atoms with E-state index in [0.717, 1.165) is 60.0 Å². The fraction of sp³-hybridized carbons (Fsp3) is 0.667. The molecule has 7 heteroatoms. The quantitative estimate of drug-likeness (QED) is 0.651. The largest absolute Gasteiger partial charge is 0.356 e. The van der Waals surface area contributed by atoms with Gasteiger partial charge in [0.05, 0.1) is 5.52 Å². The number of hydrogen-bond acceptors (Lipinski definition) is 4. The predicted molar refractivity (Wildman–Crippen MR) is 125 cm³/mol. The lowest BCUT2D eigenvalue weighted by molar-refractivity contribution is -0.0368. The second kappa shape index (κ2) is 9.59. The van der Waals surface area contributed by atoms with Crippen molar-refractivity contribution < 1.29 is 9.53 Å². The van der Waals surface area contributed by atoms with E-state index in [-0.39, 0.29) is 18.2 Å². The van der Waals surface area contributed by atoms with Gasteiger partial charge in [0.2, 0.25) is 0 Å². The predicted octanol–water partition coefficient (Wildman–Crippen LogP) is 4.88. The van der Waals surface area contributed by atoms with E-state index in [1.54, 1.807) is 0 Å². The molecule has 1 atom stereocenters. The third kappa shape index (κ3) is 4.83. The second-order valence-corrected chi connectivity index (χ2v) is 10.4. The number of ether oxygens (including phenoxy) is 1. The van der Waals surface area contributed by atoms with Gasteiger partial charge in [-0.05, 0) is 95.0 Å². The van der Waals surface area contributed by atoms with E-state index in [1.807, 2.05) is 22.9 Å². The Hall–Kier alpha value is -1.44. The van der Waals surface area contributed by atoms with E-state index < -0.39 is 0 Å². The number of rotatable bonds is 5. The average molecular weight is 489 g/mol. The summed E-state index contributed by atoms with van der Waals surface area (Å²) in [5, 5.41) is 8.94. The summed E-state index contributed by atoms with van der Waals surface area (Å²) in [6.45, 7) is 4.54. The minimum absolute atomic E-state index is 0.0550. The highest BCUT2D eigenvalue weighted by Gasteiger charge is 2.28. The van der Waals surface area contributed by atoms with Gasteiger partial charge in [-0.1, -0.05) is 15.9 Å². The first-order valence-electron chi connectivity index (χ1n) is 12.0. The van der Waals surface area contributed by atoms with Crippen molar-refractivity contribution in [3.05, 3.63) is 28.4 Å². The van der Waals surface area contributed by atoms with Gasteiger partial charge < -0.3 is 15.0 Å². The molecule has 0 radical (unpaired) electrons. The first-order chi connectivity index (χ1) is 15.2. The Morgan fingerprint density at radius 3 is 2.65 bits per heavy atom. The van der Waals surface area contributed by atoms with Gasteiger partial charge in [-0.15, -0.1) is 0 Å². The number of benzene rings is 1. The van der Waals surface area contributed by atoms with Crippen LogP contribution >= 0.6 is 15.9 Å². The normalized spacial score (nSPS) is 27.6. The zero-order chi connectivity index (χ0) is 21.2. The first kappa shape index (κ1) is 21.4. The number of nitrogens with zero attached hydrogens (tertiary/aromatic N) is 3. The maximum atomic E-state index is 13.2. The van der Waals surface area contributed by atoms with E-state index in [0.29, 0.717) is 5.69 Å². The molecule has 1 saturated carbocycles. The average Bonchev–Trinajstić information content (AvgIpc) is 3.43. The summed E-state index contributed by atoms with van der Waals surface area (Å²) in [6.07, 6.45) is 10.3. The van der Waals surface area contributed by atoms with Gasteiger partial charge in [0.25, 0.3) is 5.91 Å². The Morgan fingerprint density at radius 1 is 1.10 bits per heavy atom. The molecular formula is C24H33BrN4O2. The molecule has 3 fully saturated rings. The number of amides is 1. The van der Waals surface area contributed by atoms with Gasteiger partial charge in [-0.3, -0.25) is 4.79 Å². The molecule has 0 spiro atoms. The lowest BCUT2D eigenvalue weighted by Crippen LogP contribution is -2.39. The van der Waals surface area contributed by atoms with Crippen molar-refractivity contribution in [1.29, 1.82) is 0 Å². The summed E-state index contributed by atoms with van der Waals surface area (Å²) < 4.78 is 8.84. The Morgan fingerprint density at radius 2 is 1.90 bits per heavy atom. The number of nitrogens with one attached hydrogen (secondary N) is 1. The maximum Gasteiger partial charge on any atom is 0.272 e. The maximum absolute atomic E-state index is 13.2. The Labute approximate surface area is 192 Å².